The molecule has 1 aromatic heterocycles. The molecular formula is C15H12O3S. The lowest BCUT2D eigenvalue weighted by Crippen LogP contribution is -2.32. The molecule has 3 nitrogen and oxygen atoms in total. The molecule has 3 rings (SSSR count). The van der Waals surface area contributed by atoms with Crippen molar-refractivity contribution in [1.29, 1.82) is 0 Å². The first-order chi connectivity index (χ1) is 9.25. The van der Waals surface area contributed by atoms with E-state index in [9.17, 15) is 9.59 Å². The number of Topliss-reactive ketones (excluding diaryl/α,β-unsaturated/α-hetero) is 1. The Morgan fingerprint density at radius 3 is 2.84 bits per heavy atom. The van der Waals surface area contributed by atoms with Crippen LogP contribution in [0.25, 0.3) is 0 Å². The third kappa shape index (κ3) is 2.31. The fourth-order valence-electron chi connectivity index (χ4n) is 2.31. The summed E-state index contributed by atoms with van der Waals surface area (Å²) in [6.45, 7) is 0. The van der Waals surface area contributed by atoms with Gasteiger partial charge in [-0.2, -0.15) is 0 Å². The van der Waals surface area contributed by atoms with E-state index in [1.54, 1.807) is 12.1 Å². The van der Waals surface area contributed by atoms with Crippen LogP contribution in [0.5, 0.6) is 5.06 Å². The smallest absolute Gasteiger partial charge is 0.323 e. The van der Waals surface area contributed by atoms with Crippen molar-refractivity contribution in [1.82, 2.24) is 0 Å². The molecule has 0 spiro atoms. The Bertz CT molecular complexity index is 616. The van der Waals surface area contributed by atoms with Crippen molar-refractivity contribution in [2.24, 2.45) is 5.92 Å². The molecule has 0 radical (unpaired) electrons. The monoisotopic (exact) mass is 272 g/mol. The van der Waals surface area contributed by atoms with Crippen molar-refractivity contribution >= 4 is 23.1 Å². The minimum absolute atomic E-state index is 0.122. The normalized spacial score (nSPS) is 17.9. The molecule has 19 heavy (non-hydrogen) atoms. The number of thiophene rings is 1. The maximum atomic E-state index is 12.3. The Kier molecular flexibility index (Phi) is 3.17. The number of carbonyl (C=O) groups is 2. The van der Waals surface area contributed by atoms with Gasteiger partial charge in [-0.1, -0.05) is 24.3 Å². The molecule has 1 unspecified atom stereocenters. The summed E-state index contributed by atoms with van der Waals surface area (Å²) >= 11 is 1.35. The van der Waals surface area contributed by atoms with Gasteiger partial charge in [0, 0.05) is 5.56 Å². The molecule has 1 atom stereocenters. The van der Waals surface area contributed by atoms with Gasteiger partial charge in [0.2, 0.25) is 0 Å². The summed E-state index contributed by atoms with van der Waals surface area (Å²) in [4.78, 5) is 24.3. The molecule has 0 amide bonds. The largest absolute Gasteiger partial charge is 0.415 e. The zero-order valence-electron chi connectivity index (χ0n) is 10.2. The fraction of sp³-hybridized carbons (Fsp3) is 0.200. The molecule has 4 heteroatoms. The van der Waals surface area contributed by atoms with Gasteiger partial charge < -0.3 is 4.74 Å². The summed E-state index contributed by atoms with van der Waals surface area (Å²) in [5.41, 5.74) is 1.68. The van der Waals surface area contributed by atoms with Crippen molar-refractivity contribution in [2.75, 3.05) is 0 Å². The van der Waals surface area contributed by atoms with Gasteiger partial charge in [0.05, 0.1) is 0 Å². The van der Waals surface area contributed by atoms with Crippen LogP contribution in [0, 0.1) is 5.92 Å². The maximum Gasteiger partial charge on any atom is 0.323 e. The van der Waals surface area contributed by atoms with Crippen LogP contribution in [0.1, 0.15) is 22.3 Å². The van der Waals surface area contributed by atoms with E-state index in [-0.39, 0.29) is 5.78 Å². The highest BCUT2D eigenvalue weighted by molar-refractivity contribution is 7.11. The molecule has 1 aromatic carbocycles. The first kappa shape index (κ1) is 12.1. The van der Waals surface area contributed by atoms with Crippen molar-refractivity contribution in [2.45, 2.75) is 12.8 Å². The summed E-state index contributed by atoms with van der Waals surface area (Å²) in [5, 5.41) is 2.37. The van der Waals surface area contributed by atoms with Crippen LogP contribution in [-0.2, 0) is 11.2 Å². The number of ether oxygens (including phenoxy) is 1. The summed E-state index contributed by atoms with van der Waals surface area (Å²) in [6, 6.07) is 11.0. The van der Waals surface area contributed by atoms with Crippen LogP contribution >= 0.6 is 11.3 Å². The molecule has 0 aliphatic heterocycles. The number of hydrogen-bond acceptors (Lipinski definition) is 4. The van der Waals surface area contributed by atoms with Crippen LogP contribution in [0.4, 0.5) is 0 Å². The highest BCUT2D eigenvalue weighted by atomic mass is 32.1. The molecule has 0 saturated carbocycles. The number of ketones is 1. The number of rotatable bonds is 2. The fourth-order valence-corrected chi connectivity index (χ4v) is 2.89. The molecule has 0 N–H and O–H groups in total. The maximum absolute atomic E-state index is 12.3. The number of fused-ring (bicyclic) bond motifs is 1. The van der Waals surface area contributed by atoms with Crippen molar-refractivity contribution in [3.8, 4) is 5.06 Å². The Morgan fingerprint density at radius 2 is 2.05 bits per heavy atom. The van der Waals surface area contributed by atoms with Gasteiger partial charge in [-0.05, 0) is 35.9 Å². The number of esters is 1. The molecule has 1 heterocycles. The second-order valence-corrected chi connectivity index (χ2v) is 5.38. The number of carbonyl (C=O) groups excluding carboxylic acids is 2. The predicted octanol–water partition coefficient (Wildman–Crippen LogP) is 3.10. The average molecular weight is 272 g/mol. The predicted molar refractivity (Wildman–Crippen MR) is 72.5 cm³/mol. The Labute approximate surface area is 114 Å². The second-order valence-electron chi connectivity index (χ2n) is 4.47. The van der Waals surface area contributed by atoms with Crippen LogP contribution in [-0.4, -0.2) is 11.8 Å². The molecular weight excluding hydrogens is 260 g/mol. The van der Waals surface area contributed by atoms with Gasteiger partial charge in [0.15, 0.2) is 10.8 Å². The number of benzene rings is 1. The van der Waals surface area contributed by atoms with E-state index >= 15 is 0 Å². The van der Waals surface area contributed by atoms with Crippen LogP contribution in [0.2, 0.25) is 0 Å². The first-order valence-corrected chi connectivity index (χ1v) is 7.01. The Balaban J connectivity index is 1.80. The average Bonchev–Trinajstić information content (AvgIpc) is 2.92. The van der Waals surface area contributed by atoms with Gasteiger partial charge in [0.1, 0.15) is 5.92 Å². The zero-order valence-corrected chi connectivity index (χ0v) is 11.0. The first-order valence-electron chi connectivity index (χ1n) is 6.13. The third-order valence-corrected chi connectivity index (χ3v) is 4.03. The molecule has 0 bridgehead atoms. The minimum atomic E-state index is -0.669. The highest BCUT2D eigenvalue weighted by Crippen LogP contribution is 2.28. The van der Waals surface area contributed by atoms with Gasteiger partial charge in [-0.15, -0.1) is 11.3 Å². The van der Waals surface area contributed by atoms with Gasteiger partial charge in [-0.3, -0.25) is 9.59 Å². The van der Waals surface area contributed by atoms with Crippen molar-refractivity contribution in [3.63, 3.8) is 0 Å². The zero-order chi connectivity index (χ0) is 13.2. The van der Waals surface area contributed by atoms with Gasteiger partial charge in [-0.25, -0.2) is 0 Å². The summed E-state index contributed by atoms with van der Waals surface area (Å²) in [6.07, 6.45) is 1.27. The van der Waals surface area contributed by atoms with Gasteiger partial charge in [0.25, 0.3) is 0 Å². The summed E-state index contributed by atoms with van der Waals surface area (Å²) in [5.74, 6) is -1.23. The SMILES string of the molecule is O=C(Oc1cccs1)C1CCc2ccccc2C1=O. The van der Waals surface area contributed by atoms with E-state index in [4.69, 9.17) is 4.74 Å². The lowest BCUT2D eigenvalue weighted by Gasteiger charge is -2.21. The molecule has 2 aromatic rings. The molecule has 0 fully saturated rings. The summed E-state index contributed by atoms with van der Waals surface area (Å²) in [7, 11) is 0. The second kappa shape index (κ2) is 4.97. The Hall–Kier alpha value is -1.94. The molecule has 96 valence electrons. The lowest BCUT2D eigenvalue weighted by atomic mass is 9.83. The Morgan fingerprint density at radius 1 is 1.21 bits per heavy atom. The van der Waals surface area contributed by atoms with Crippen molar-refractivity contribution < 1.29 is 14.3 Å². The van der Waals surface area contributed by atoms with E-state index in [0.29, 0.717) is 17.0 Å². The lowest BCUT2D eigenvalue weighted by molar-refractivity contribution is -0.137. The van der Waals surface area contributed by atoms with E-state index in [0.717, 1.165) is 12.0 Å². The number of aryl methyl sites for hydroxylation is 1. The highest BCUT2D eigenvalue weighted by Gasteiger charge is 2.34. The minimum Gasteiger partial charge on any atom is -0.415 e. The van der Waals surface area contributed by atoms with Gasteiger partial charge >= 0.3 is 5.97 Å². The number of hydrogen-bond donors (Lipinski definition) is 0. The topological polar surface area (TPSA) is 43.4 Å². The van der Waals surface area contributed by atoms with Crippen LogP contribution in [0.15, 0.2) is 41.8 Å². The quantitative estimate of drug-likeness (QED) is 0.623. The molecule has 1 aliphatic rings. The summed E-state index contributed by atoms with van der Waals surface area (Å²) < 4.78 is 5.24. The van der Waals surface area contributed by atoms with E-state index in [1.807, 2.05) is 29.6 Å². The van der Waals surface area contributed by atoms with Crippen molar-refractivity contribution in [3.05, 3.63) is 52.9 Å². The van der Waals surface area contributed by atoms with E-state index in [2.05, 4.69) is 0 Å². The molecule has 1 aliphatic carbocycles. The van der Waals surface area contributed by atoms with E-state index < -0.39 is 11.9 Å². The molecule has 0 saturated heterocycles. The van der Waals surface area contributed by atoms with Crippen LogP contribution < -0.4 is 4.74 Å². The van der Waals surface area contributed by atoms with Crippen LogP contribution in [0.3, 0.4) is 0 Å². The standard InChI is InChI=1S/C15H12O3S/c16-14-11-5-2-1-4-10(11)7-8-12(14)15(17)18-13-6-3-9-19-13/h1-6,9,12H,7-8H2. The van der Waals surface area contributed by atoms with E-state index in [1.165, 1.54) is 11.3 Å². The third-order valence-electron chi connectivity index (χ3n) is 3.28.